The topological polar surface area (TPSA) is 111 Å². The predicted octanol–water partition coefficient (Wildman–Crippen LogP) is 2.52. The number of nitrogens with zero attached hydrogens (tertiary/aromatic N) is 4. The summed E-state index contributed by atoms with van der Waals surface area (Å²) < 4.78 is 5.27. The van der Waals surface area contributed by atoms with Crippen molar-refractivity contribution in [3.63, 3.8) is 0 Å². The summed E-state index contributed by atoms with van der Waals surface area (Å²) in [6.07, 6.45) is 0. The van der Waals surface area contributed by atoms with Gasteiger partial charge in [0.05, 0.1) is 23.9 Å². The fraction of sp³-hybridized carbons (Fsp3) is 0.227. The molecule has 1 atom stereocenters. The van der Waals surface area contributed by atoms with Crippen LogP contribution in [0.4, 0.5) is 4.79 Å². The van der Waals surface area contributed by atoms with Gasteiger partial charge in [0.1, 0.15) is 6.54 Å². The SMILES string of the molecule is CCOC(=O)C1=C(Cn2nnc(-c3ccc(C)cc3)n2)NC(=O)NC1c1ccccc1. The highest BCUT2D eigenvalue weighted by Crippen LogP contribution is 2.28. The number of nitrogens with one attached hydrogen (secondary N) is 2. The Hall–Kier alpha value is -4.01. The zero-order valence-corrected chi connectivity index (χ0v) is 17.2. The van der Waals surface area contributed by atoms with Crippen molar-refractivity contribution in [2.75, 3.05) is 6.61 Å². The summed E-state index contributed by atoms with van der Waals surface area (Å²) in [7, 11) is 0. The largest absolute Gasteiger partial charge is 0.463 e. The molecule has 9 heteroatoms. The van der Waals surface area contributed by atoms with Crippen LogP contribution in [0.2, 0.25) is 0 Å². The Morgan fingerprint density at radius 2 is 1.87 bits per heavy atom. The summed E-state index contributed by atoms with van der Waals surface area (Å²) in [6.45, 7) is 4.01. The summed E-state index contributed by atoms with van der Waals surface area (Å²) in [5.74, 6) is -0.0594. The summed E-state index contributed by atoms with van der Waals surface area (Å²) in [4.78, 5) is 26.5. The number of amides is 2. The van der Waals surface area contributed by atoms with E-state index < -0.39 is 18.0 Å². The maximum Gasteiger partial charge on any atom is 0.338 e. The van der Waals surface area contributed by atoms with Gasteiger partial charge < -0.3 is 15.4 Å². The Balaban J connectivity index is 1.70. The van der Waals surface area contributed by atoms with Crippen molar-refractivity contribution < 1.29 is 14.3 Å². The molecule has 0 saturated heterocycles. The Morgan fingerprint density at radius 3 is 2.58 bits per heavy atom. The van der Waals surface area contributed by atoms with E-state index >= 15 is 0 Å². The Bertz CT molecular complexity index is 1120. The van der Waals surface area contributed by atoms with Gasteiger partial charge in [0.15, 0.2) is 0 Å². The second-order valence-electron chi connectivity index (χ2n) is 7.06. The third-order valence-electron chi connectivity index (χ3n) is 4.84. The van der Waals surface area contributed by atoms with Gasteiger partial charge in [-0.05, 0) is 24.6 Å². The summed E-state index contributed by atoms with van der Waals surface area (Å²) in [6, 6.07) is 15.9. The second kappa shape index (κ2) is 8.78. The van der Waals surface area contributed by atoms with Crippen molar-refractivity contribution in [2.45, 2.75) is 26.4 Å². The number of ether oxygens (including phenoxy) is 1. The maximum atomic E-state index is 12.8. The van der Waals surface area contributed by atoms with Gasteiger partial charge in [-0.3, -0.25) is 0 Å². The lowest BCUT2D eigenvalue weighted by Gasteiger charge is -2.29. The molecule has 0 aliphatic carbocycles. The first kappa shape index (κ1) is 20.3. The number of aromatic nitrogens is 4. The average molecular weight is 418 g/mol. The molecule has 1 unspecified atom stereocenters. The molecule has 0 spiro atoms. The van der Waals surface area contributed by atoms with Gasteiger partial charge in [0.25, 0.3) is 0 Å². The van der Waals surface area contributed by atoms with Crippen LogP contribution in [0.1, 0.15) is 24.1 Å². The first-order valence-corrected chi connectivity index (χ1v) is 9.92. The molecule has 2 heterocycles. The number of carbonyl (C=O) groups is 2. The van der Waals surface area contributed by atoms with E-state index in [1.165, 1.54) is 4.80 Å². The zero-order chi connectivity index (χ0) is 21.8. The van der Waals surface area contributed by atoms with Crippen molar-refractivity contribution in [1.29, 1.82) is 0 Å². The summed E-state index contributed by atoms with van der Waals surface area (Å²) in [5, 5.41) is 18.1. The van der Waals surface area contributed by atoms with E-state index in [9.17, 15) is 9.59 Å². The Kier molecular flexibility index (Phi) is 5.74. The van der Waals surface area contributed by atoms with Gasteiger partial charge in [0, 0.05) is 5.56 Å². The number of carbonyl (C=O) groups excluding carboxylic acids is 2. The van der Waals surface area contributed by atoms with Crippen LogP contribution in [0.15, 0.2) is 65.9 Å². The fourth-order valence-electron chi connectivity index (χ4n) is 3.36. The molecule has 31 heavy (non-hydrogen) atoms. The molecule has 4 rings (SSSR count). The molecule has 1 aromatic heterocycles. The molecule has 0 fully saturated rings. The lowest BCUT2D eigenvalue weighted by molar-refractivity contribution is -0.139. The molecule has 3 aromatic rings. The summed E-state index contributed by atoms with van der Waals surface area (Å²) in [5.41, 5.74) is 3.40. The number of urea groups is 1. The minimum Gasteiger partial charge on any atom is -0.463 e. The first-order chi connectivity index (χ1) is 15.0. The third kappa shape index (κ3) is 4.45. The monoisotopic (exact) mass is 418 g/mol. The van der Waals surface area contributed by atoms with E-state index in [1.807, 2.05) is 61.5 Å². The van der Waals surface area contributed by atoms with Gasteiger partial charge in [-0.25, -0.2) is 9.59 Å². The molecule has 2 amide bonds. The minimum atomic E-state index is -0.649. The molecular weight excluding hydrogens is 396 g/mol. The second-order valence-corrected chi connectivity index (χ2v) is 7.06. The van der Waals surface area contributed by atoms with Gasteiger partial charge in [-0.2, -0.15) is 4.80 Å². The number of esters is 1. The molecule has 0 radical (unpaired) electrons. The van der Waals surface area contributed by atoms with Crippen LogP contribution >= 0.6 is 0 Å². The lowest BCUT2D eigenvalue weighted by atomic mass is 9.95. The van der Waals surface area contributed by atoms with E-state index in [2.05, 4.69) is 26.0 Å². The van der Waals surface area contributed by atoms with E-state index in [0.29, 0.717) is 17.1 Å². The summed E-state index contributed by atoms with van der Waals surface area (Å²) >= 11 is 0. The van der Waals surface area contributed by atoms with Crippen LogP contribution in [-0.4, -0.2) is 38.8 Å². The lowest BCUT2D eigenvalue weighted by Crippen LogP contribution is -2.47. The molecular formula is C22H22N6O3. The number of allylic oxidation sites excluding steroid dienone is 1. The smallest absolute Gasteiger partial charge is 0.338 e. The number of tetrazole rings is 1. The van der Waals surface area contributed by atoms with Gasteiger partial charge in [-0.1, -0.05) is 60.2 Å². The molecule has 9 nitrogen and oxygen atoms in total. The highest BCUT2D eigenvalue weighted by Gasteiger charge is 2.34. The number of rotatable bonds is 6. The number of aryl methyl sites for hydroxylation is 1. The van der Waals surface area contributed by atoms with Gasteiger partial charge >= 0.3 is 12.0 Å². The van der Waals surface area contributed by atoms with Crippen LogP contribution in [0.5, 0.6) is 0 Å². The fourth-order valence-corrected chi connectivity index (χ4v) is 3.36. The molecule has 158 valence electrons. The van der Waals surface area contributed by atoms with Crippen LogP contribution in [-0.2, 0) is 16.1 Å². The van der Waals surface area contributed by atoms with Crippen molar-refractivity contribution in [2.24, 2.45) is 0 Å². The van der Waals surface area contributed by atoms with E-state index in [4.69, 9.17) is 4.74 Å². The quantitative estimate of drug-likeness (QED) is 0.595. The van der Waals surface area contributed by atoms with Gasteiger partial charge in [0.2, 0.25) is 5.82 Å². The standard InChI is InChI=1S/C22H22N6O3/c1-3-31-21(29)18-17(23-22(30)24-19(18)15-7-5-4-6-8-15)13-28-26-20(25-27-28)16-11-9-14(2)10-12-16/h4-12,19H,3,13H2,1-2H3,(H2,23,24,30). The van der Waals surface area contributed by atoms with Crippen LogP contribution < -0.4 is 10.6 Å². The first-order valence-electron chi connectivity index (χ1n) is 9.92. The molecule has 2 aromatic carbocycles. The zero-order valence-electron chi connectivity index (χ0n) is 17.2. The average Bonchev–Trinajstić information content (AvgIpc) is 3.23. The Labute approximate surface area is 179 Å². The number of benzene rings is 2. The maximum absolute atomic E-state index is 12.8. The predicted molar refractivity (Wildman–Crippen MR) is 112 cm³/mol. The van der Waals surface area contributed by atoms with E-state index in [-0.39, 0.29) is 13.2 Å². The minimum absolute atomic E-state index is 0.0593. The molecule has 0 saturated carbocycles. The highest BCUT2D eigenvalue weighted by molar-refractivity contribution is 5.95. The highest BCUT2D eigenvalue weighted by atomic mass is 16.5. The number of hydrogen-bond donors (Lipinski definition) is 2. The van der Waals surface area contributed by atoms with E-state index in [0.717, 1.165) is 16.7 Å². The Morgan fingerprint density at radius 1 is 1.13 bits per heavy atom. The van der Waals surface area contributed by atoms with Crippen molar-refractivity contribution in [3.8, 4) is 11.4 Å². The molecule has 1 aliphatic heterocycles. The van der Waals surface area contributed by atoms with Crippen molar-refractivity contribution in [3.05, 3.63) is 77.0 Å². The normalized spacial score (nSPS) is 15.9. The third-order valence-corrected chi connectivity index (χ3v) is 4.84. The van der Waals surface area contributed by atoms with Crippen molar-refractivity contribution in [1.82, 2.24) is 30.8 Å². The van der Waals surface area contributed by atoms with E-state index in [1.54, 1.807) is 6.92 Å². The molecule has 0 bridgehead atoms. The van der Waals surface area contributed by atoms with Crippen molar-refractivity contribution >= 4 is 12.0 Å². The van der Waals surface area contributed by atoms with Crippen LogP contribution in [0.25, 0.3) is 11.4 Å². The number of hydrogen-bond acceptors (Lipinski definition) is 6. The van der Waals surface area contributed by atoms with Crippen LogP contribution in [0.3, 0.4) is 0 Å². The molecule has 1 aliphatic rings. The molecule has 2 N–H and O–H groups in total. The van der Waals surface area contributed by atoms with Crippen LogP contribution in [0, 0.1) is 6.92 Å². The van der Waals surface area contributed by atoms with Gasteiger partial charge in [-0.15, -0.1) is 10.2 Å².